The molecule has 0 bridgehead atoms. The van der Waals surface area contributed by atoms with Crippen LogP contribution in [-0.2, 0) is 19.2 Å². The second-order valence-corrected chi connectivity index (χ2v) is 9.37. The number of anilines is 2. The molecule has 0 aromatic heterocycles. The number of amides is 2. The van der Waals surface area contributed by atoms with Crippen LogP contribution in [0, 0.1) is 0 Å². The molecule has 0 radical (unpaired) electrons. The van der Waals surface area contributed by atoms with Gasteiger partial charge in [-0.05, 0) is 61.9 Å². The molecule has 1 N–H and O–H groups in total. The smallest absolute Gasteiger partial charge is 0.295 e. The van der Waals surface area contributed by atoms with Gasteiger partial charge in [-0.15, -0.1) is 0 Å². The Labute approximate surface area is 231 Å². The summed E-state index contributed by atoms with van der Waals surface area (Å²) in [5.41, 5.74) is -1.20. The average molecular weight is 535 g/mol. The summed E-state index contributed by atoms with van der Waals surface area (Å²) in [6, 6.07) is 23.8. The fourth-order valence-corrected chi connectivity index (χ4v) is 5.44. The third-order valence-corrected chi connectivity index (χ3v) is 7.08. The summed E-state index contributed by atoms with van der Waals surface area (Å²) in [5.74, 6) is -3.41. The van der Waals surface area contributed by atoms with Crippen LogP contribution < -0.4 is 14.5 Å². The summed E-state index contributed by atoms with van der Waals surface area (Å²) in [4.78, 5) is 58.0. The van der Waals surface area contributed by atoms with E-state index in [-0.39, 0.29) is 17.0 Å². The van der Waals surface area contributed by atoms with Crippen LogP contribution in [0.4, 0.5) is 11.4 Å². The number of para-hydroxylation sites is 1. The van der Waals surface area contributed by atoms with Crippen molar-refractivity contribution in [2.45, 2.75) is 19.4 Å². The summed E-state index contributed by atoms with van der Waals surface area (Å²) >= 11 is 0. The standard InChI is InChI=1S/C32H26N2O6/c1-20-27(21(2)35)32(31(39)33(20)23-12-8-5-9-13-23)28(26(36)19-14-22-10-6-4-7-11-22)29(37)30(38)34(32)24-15-17-25(40-3)18-16-24/h4-19,37H,1-3H3. The molecule has 0 fully saturated rings. The molecule has 0 aliphatic carbocycles. The monoisotopic (exact) mass is 534 g/mol. The first-order valence-corrected chi connectivity index (χ1v) is 12.5. The molecule has 5 rings (SSSR count). The number of ether oxygens (including phenoxy) is 1. The zero-order valence-electron chi connectivity index (χ0n) is 22.1. The van der Waals surface area contributed by atoms with Crippen LogP contribution in [0.3, 0.4) is 0 Å². The first-order chi connectivity index (χ1) is 19.2. The molecule has 3 aromatic carbocycles. The highest BCUT2D eigenvalue weighted by atomic mass is 16.5. The quantitative estimate of drug-likeness (QED) is 0.438. The largest absolute Gasteiger partial charge is 0.503 e. The maximum Gasteiger partial charge on any atom is 0.295 e. The van der Waals surface area contributed by atoms with Crippen molar-refractivity contribution in [1.29, 1.82) is 0 Å². The minimum absolute atomic E-state index is 0.0777. The second kappa shape index (κ2) is 10.1. The van der Waals surface area contributed by atoms with Crippen LogP contribution in [0.2, 0.25) is 0 Å². The van der Waals surface area contributed by atoms with E-state index in [4.69, 9.17) is 4.74 Å². The SMILES string of the molecule is COc1ccc(N2C(=O)C(O)=C(C(=O)C=Cc3ccccc3)C23C(=O)N(c2ccccc2)C(C)=C3C(C)=O)cc1. The zero-order chi connectivity index (χ0) is 28.6. The number of aliphatic hydroxyl groups is 1. The number of Topliss-reactive ketones (excluding diaryl/α,β-unsaturated/α-hetero) is 1. The Morgan fingerprint density at radius 3 is 2.02 bits per heavy atom. The number of hydrogen-bond acceptors (Lipinski definition) is 6. The van der Waals surface area contributed by atoms with Crippen LogP contribution in [0.15, 0.2) is 114 Å². The maximum atomic E-state index is 14.6. The van der Waals surface area contributed by atoms with Gasteiger partial charge in [0.15, 0.2) is 22.9 Å². The minimum atomic E-state index is -2.24. The number of aliphatic hydroxyl groups excluding tert-OH is 1. The Morgan fingerprint density at radius 1 is 0.850 bits per heavy atom. The van der Waals surface area contributed by atoms with Crippen LogP contribution in [0.25, 0.3) is 6.08 Å². The first-order valence-electron chi connectivity index (χ1n) is 12.5. The molecule has 2 amide bonds. The van der Waals surface area contributed by atoms with Crippen molar-refractivity contribution in [2.24, 2.45) is 0 Å². The van der Waals surface area contributed by atoms with E-state index in [1.54, 1.807) is 73.7 Å². The Balaban J connectivity index is 1.78. The summed E-state index contributed by atoms with van der Waals surface area (Å²) < 4.78 is 5.24. The van der Waals surface area contributed by atoms with Gasteiger partial charge in [0.05, 0.1) is 18.3 Å². The average Bonchev–Trinajstić information content (AvgIpc) is 3.33. The van der Waals surface area contributed by atoms with Crippen LogP contribution in [0.1, 0.15) is 19.4 Å². The van der Waals surface area contributed by atoms with E-state index in [1.165, 1.54) is 43.2 Å². The Morgan fingerprint density at radius 2 is 1.45 bits per heavy atom. The lowest BCUT2D eigenvalue weighted by atomic mass is 9.78. The first kappa shape index (κ1) is 26.4. The number of rotatable bonds is 7. The van der Waals surface area contributed by atoms with Gasteiger partial charge in [-0.3, -0.25) is 29.0 Å². The molecule has 3 aromatic rings. The number of methoxy groups -OCH3 is 1. The van der Waals surface area contributed by atoms with E-state index < -0.39 is 40.3 Å². The number of hydrogen-bond donors (Lipinski definition) is 1. The minimum Gasteiger partial charge on any atom is -0.503 e. The Bertz CT molecular complexity index is 1620. The second-order valence-electron chi connectivity index (χ2n) is 9.37. The van der Waals surface area contributed by atoms with Crippen LogP contribution >= 0.6 is 0 Å². The number of benzene rings is 3. The number of carbonyl (C=O) groups excluding carboxylic acids is 4. The van der Waals surface area contributed by atoms with Gasteiger partial charge >= 0.3 is 0 Å². The van der Waals surface area contributed by atoms with Crippen molar-refractivity contribution < 1.29 is 29.0 Å². The molecule has 0 saturated heterocycles. The third kappa shape index (κ3) is 3.92. The van der Waals surface area contributed by atoms with Crippen molar-refractivity contribution in [2.75, 3.05) is 16.9 Å². The fourth-order valence-electron chi connectivity index (χ4n) is 5.44. The van der Waals surface area contributed by atoms with Gasteiger partial charge in [0.2, 0.25) is 0 Å². The van der Waals surface area contributed by atoms with E-state index in [0.717, 1.165) is 4.90 Å². The molecule has 1 spiro atoms. The van der Waals surface area contributed by atoms with Crippen LogP contribution in [-0.4, -0.2) is 41.1 Å². The fraction of sp³-hybridized carbons (Fsp3) is 0.125. The Kier molecular flexibility index (Phi) is 6.69. The lowest BCUT2D eigenvalue weighted by Crippen LogP contribution is -2.58. The molecular weight excluding hydrogens is 508 g/mol. The van der Waals surface area contributed by atoms with Crippen molar-refractivity contribution in [1.82, 2.24) is 0 Å². The lowest BCUT2D eigenvalue weighted by molar-refractivity contribution is -0.125. The van der Waals surface area contributed by atoms with Crippen LogP contribution in [0.5, 0.6) is 5.75 Å². The molecule has 1 unspecified atom stereocenters. The van der Waals surface area contributed by atoms with Gasteiger partial charge in [-0.1, -0.05) is 54.6 Å². The molecule has 40 heavy (non-hydrogen) atoms. The summed E-state index contributed by atoms with van der Waals surface area (Å²) in [5, 5.41) is 11.2. The van der Waals surface area contributed by atoms with Gasteiger partial charge in [0, 0.05) is 17.1 Å². The van der Waals surface area contributed by atoms with E-state index in [0.29, 0.717) is 17.0 Å². The lowest BCUT2D eigenvalue weighted by Gasteiger charge is -2.36. The van der Waals surface area contributed by atoms with Gasteiger partial charge in [-0.25, -0.2) is 0 Å². The maximum absolute atomic E-state index is 14.6. The number of nitrogens with zero attached hydrogens (tertiary/aromatic N) is 2. The number of allylic oxidation sites excluding steroid dienone is 2. The van der Waals surface area contributed by atoms with Crippen molar-refractivity contribution in [3.05, 3.63) is 119 Å². The van der Waals surface area contributed by atoms with Gasteiger partial charge in [-0.2, -0.15) is 0 Å². The number of ketones is 2. The molecule has 0 saturated carbocycles. The molecule has 8 nitrogen and oxygen atoms in total. The van der Waals surface area contributed by atoms with Gasteiger partial charge in [0.25, 0.3) is 11.8 Å². The molecule has 2 heterocycles. The highest BCUT2D eigenvalue weighted by Gasteiger charge is 2.67. The Hall–Kier alpha value is -5.24. The zero-order valence-corrected chi connectivity index (χ0v) is 22.1. The topological polar surface area (TPSA) is 104 Å². The van der Waals surface area contributed by atoms with E-state index in [9.17, 15) is 24.3 Å². The molecular formula is C32H26N2O6. The predicted octanol–water partition coefficient (Wildman–Crippen LogP) is 4.79. The molecule has 200 valence electrons. The summed E-state index contributed by atoms with van der Waals surface area (Å²) in [7, 11) is 1.49. The van der Waals surface area contributed by atoms with E-state index in [1.807, 2.05) is 6.07 Å². The highest BCUT2D eigenvalue weighted by molar-refractivity contribution is 6.34. The van der Waals surface area contributed by atoms with Gasteiger partial charge in [0.1, 0.15) is 5.75 Å². The normalized spacial score (nSPS) is 19.0. The highest BCUT2D eigenvalue weighted by Crippen LogP contribution is 2.51. The molecule has 2 aliphatic heterocycles. The van der Waals surface area contributed by atoms with Crippen molar-refractivity contribution in [3.63, 3.8) is 0 Å². The van der Waals surface area contributed by atoms with E-state index >= 15 is 0 Å². The van der Waals surface area contributed by atoms with Gasteiger partial charge < -0.3 is 9.84 Å². The number of carbonyl (C=O) groups is 4. The molecule has 2 aliphatic rings. The third-order valence-electron chi connectivity index (χ3n) is 7.08. The summed E-state index contributed by atoms with van der Waals surface area (Å²) in [6.45, 7) is 2.86. The predicted molar refractivity (Wildman–Crippen MR) is 151 cm³/mol. The van der Waals surface area contributed by atoms with Crippen molar-refractivity contribution >= 4 is 40.8 Å². The molecule has 8 heteroatoms. The molecule has 1 atom stereocenters. The van der Waals surface area contributed by atoms with Crippen molar-refractivity contribution in [3.8, 4) is 5.75 Å². The summed E-state index contributed by atoms with van der Waals surface area (Å²) in [6.07, 6.45) is 2.72. The van der Waals surface area contributed by atoms with E-state index in [2.05, 4.69) is 0 Å².